The van der Waals surface area contributed by atoms with E-state index >= 15 is 0 Å². The second-order valence-corrected chi connectivity index (χ2v) is 9.18. The van der Waals surface area contributed by atoms with Crippen molar-refractivity contribution in [2.75, 3.05) is 20.3 Å². The third-order valence-corrected chi connectivity index (χ3v) is 7.26. The number of benzene rings is 1. The summed E-state index contributed by atoms with van der Waals surface area (Å²) in [5.74, 6) is -1.95. The largest absolute Gasteiger partial charge is 0.504 e. The minimum atomic E-state index is -1.66. The van der Waals surface area contributed by atoms with Crippen molar-refractivity contribution in [1.82, 2.24) is 0 Å². The van der Waals surface area contributed by atoms with Crippen LogP contribution in [0.1, 0.15) is 10.4 Å². The van der Waals surface area contributed by atoms with Crippen LogP contribution in [0.4, 0.5) is 0 Å². The summed E-state index contributed by atoms with van der Waals surface area (Å²) in [6.45, 7) is -1.07. The van der Waals surface area contributed by atoms with E-state index in [0.717, 1.165) is 0 Å². The smallest absolute Gasteiger partial charge is 0.338 e. The van der Waals surface area contributed by atoms with E-state index in [2.05, 4.69) is 0 Å². The van der Waals surface area contributed by atoms with Gasteiger partial charge < -0.3 is 59.1 Å². The number of carbonyl (C=O) groups excluding carboxylic acids is 1. The summed E-state index contributed by atoms with van der Waals surface area (Å²) in [5.41, 5.74) is -1.03. The van der Waals surface area contributed by atoms with Crippen LogP contribution in [0.2, 0.25) is 0 Å². The first kappa shape index (κ1) is 25.2. The highest BCUT2D eigenvalue weighted by Gasteiger charge is 2.77. The van der Waals surface area contributed by atoms with Crippen molar-refractivity contribution in [2.24, 2.45) is 11.8 Å². The number of carbonyl (C=O) groups is 1. The van der Waals surface area contributed by atoms with Crippen molar-refractivity contribution in [3.63, 3.8) is 0 Å². The van der Waals surface area contributed by atoms with E-state index in [1.54, 1.807) is 6.08 Å². The molecule has 0 radical (unpaired) electrons. The molecule has 3 fully saturated rings. The molecule has 36 heavy (non-hydrogen) atoms. The summed E-state index contributed by atoms with van der Waals surface area (Å²) in [5, 5.41) is 59.8. The lowest BCUT2D eigenvalue weighted by Gasteiger charge is -2.43. The van der Waals surface area contributed by atoms with Crippen LogP contribution >= 0.6 is 0 Å². The van der Waals surface area contributed by atoms with Crippen LogP contribution < -0.4 is 4.74 Å². The van der Waals surface area contributed by atoms with Gasteiger partial charge in [0.1, 0.15) is 42.2 Å². The number of aliphatic hydroxyl groups is 5. The van der Waals surface area contributed by atoms with Crippen molar-refractivity contribution in [3.05, 3.63) is 36.1 Å². The maximum Gasteiger partial charge on any atom is 0.338 e. The maximum absolute atomic E-state index is 12.9. The lowest BCUT2D eigenvalue weighted by molar-refractivity contribution is -0.344. The predicted molar refractivity (Wildman–Crippen MR) is 114 cm³/mol. The lowest BCUT2D eigenvalue weighted by Crippen LogP contribution is -2.60. The van der Waals surface area contributed by atoms with Crippen LogP contribution in [0, 0.1) is 11.8 Å². The SMILES string of the molecule is COc1cc(C(=O)O[C@@H]2[C@H]3C=CO[C@@H](O[C@H]4O[C@@H](CO)[C@H](O)[C@@H](O)[C@@H]4O)[C@@H]3[C@]3(CO)O[C@H]23)ccc1O. The van der Waals surface area contributed by atoms with E-state index < -0.39 is 85.8 Å². The number of hydrogen-bond acceptors (Lipinski definition) is 13. The number of hydrogen-bond donors (Lipinski definition) is 6. The first-order chi connectivity index (χ1) is 17.2. The van der Waals surface area contributed by atoms with Crippen LogP contribution in [-0.4, -0.2) is 112 Å². The number of methoxy groups -OCH3 is 1. The van der Waals surface area contributed by atoms with Gasteiger partial charge in [0.2, 0.25) is 6.29 Å². The van der Waals surface area contributed by atoms with Crippen LogP contribution in [0.15, 0.2) is 30.5 Å². The summed E-state index contributed by atoms with van der Waals surface area (Å²) in [6.07, 6.45) is -7.19. The van der Waals surface area contributed by atoms with Gasteiger partial charge in [0.15, 0.2) is 17.8 Å². The topological polar surface area (TPSA) is 197 Å². The molecular formula is C23H28O13. The zero-order valence-corrected chi connectivity index (χ0v) is 19.1. The van der Waals surface area contributed by atoms with Crippen LogP contribution in [0.5, 0.6) is 11.5 Å². The molecule has 1 saturated carbocycles. The molecule has 11 atom stereocenters. The Kier molecular flexibility index (Phi) is 6.59. The molecule has 2 saturated heterocycles. The molecule has 0 aromatic heterocycles. The fourth-order valence-electron chi connectivity index (χ4n) is 5.28. The van der Waals surface area contributed by atoms with Gasteiger partial charge in [-0.2, -0.15) is 0 Å². The molecule has 13 heteroatoms. The molecule has 1 aromatic rings. The molecule has 3 heterocycles. The van der Waals surface area contributed by atoms with Gasteiger partial charge in [-0.3, -0.25) is 0 Å². The highest BCUT2D eigenvalue weighted by Crippen LogP contribution is 2.60. The van der Waals surface area contributed by atoms with Gasteiger partial charge in [-0.1, -0.05) is 0 Å². The number of epoxide rings is 1. The van der Waals surface area contributed by atoms with Gasteiger partial charge in [0.25, 0.3) is 0 Å². The Morgan fingerprint density at radius 3 is 2.58 bits per heavy atom. The third kappa shape index (κ3) is 3.92. The Morgan fingerprint density at radius 2 is 1.89 bits per heavy atom. The molecule has 0 spiro atoms. The van der Waals surface area contributed by atoms with Crippen LogP contribution in [0.3, 0.4) is 0 Å². The molecule has 1 aromatic carbocycles. The van der Waals surface area contributed by atoms with Crippen LogP contribution in [-0.2, 0) is 23.7 Å². The Balaban J connectivity index is 1.35. The highest BCUT2D eigenvalue weighted by molar-refractivity contribution is 5.90. The monoisotopic (exact) mass is 512 g/mol. The summed E-state index contributed by atoms with van der Waals surface area (Å²) in [6, 6.07) is 4.02. The number of rotatable bonds is 7. The predicted octanol–water partition coefficient (Wildman–Crippen LogP) is -2.01. The molecule has 4 aliphatic rings. The van der Waals surface area contributed by atoms with E-state index in [1.807, 2.05) is 0 Å². The van der Waals surface area contributed by atoms with Gasteiger partial charge in [-0.15, -0.1) is 0 Å². The van der Waals surface area contributed by atoms with Crippen LogP contribution in [0.25, 0.3) is 0 Å². The zero-order valence-electron chi connectivity index (χ0n) is 19.1. The molecule has 1 aliphatic carbocycles. The molecule has 3 aliphatic heterocycles. The van der Waals surface area contributed by atoms with Crippen molar-refractivity contribution < 1.29 is 63.9 Å². The molecule has 6 N–H and O–H groups in total. The Bertz CT molecular complexity index is 1010. The quantitative estimate of drug-likeness (QED) is 0.173. The summed E-state index contributed by atoms with van der Waals surface area (Å²) in [4.78, 5) is 12.9. The molecular weight excluding hydrogens is 484 g/mol. The Morgan fingerprint density at radius 1 is 1.11 bits per heavy atom. The fraction of sp³-hybridized carbons (Fsp3) is 0.609. The number of ether oxygens (including phenoxy) is 6. The average molecular weight is 512 g/mol. The fourth-order valence-corrected chi connectivity index (χ4v) is 5.28. The van der Waals surface area contributed by atoms with Gasteiger partial charge in [0, 0.05) is 5.92 Å². The Hall–Kier alpha value is -2.49. The summed E-state index contributed by atoms with van der Waals surface area (Å²) < 4.78 is 33.4. The average Bonchev–Trinajstić information content (AvgIpc) is 3.56. The number of phenolic OH excluding ortho intramolecular Hbond substituents is 1. The number of aromatic hydroxyl groups is 1. The number of esters is 1. The van der Waals surface area contributed by atoms with Gasteiger partial charge in [0.05, 0.1) is 38.1 Å². The molecule has 0 bridgehead atoms. The second-order valence-electron chi connectivity index (χ2n) is 9.18. The van der Waals surface area contributed by atoms with E-state index in [4.69, 9.17) is 28.4 Å². The first-order valence-corrected chi connectivity index (χ1v) is 11.4. The first-order valence-electron chi connectivity index (χ1n) is 11.4. The van der Waals surface area contributed by atoms with Crippen molar-refractivity contribution >= 4 is 5.97 Å². The van der Waals surface area contributed by atoms with E-state index in [0.29, 0.717) is 0 Å². The summed E-state index contributed by atoms with van der Waals surface area (Å²) in [7, 11) is 1.35. The van der Waals surface area contributed by atoms with E-state index in [-0.39, 0.29) is 17.1 Å². The van der Waals surface area contributed by atoms with Crippen molar-refractivity contribution in [3.8, 4) is 11.5 Å². The molecule has 0 amide bonds. The van der Waals surface area contributed by atoms with Gasteiger partial charge >= 0.3 is 5.97 Å². The van der Waals surface area contributed by atoms with E-state index in [1.165, 1.54) is 31.6 Å². The lowest BCUT2D eigenvalue weighted by atomic mass is 9.85. The highest BCUT2D eigenvalue weighted by atomic mass is 16.8. The molecule has 198 valence electrons. The van der Waals surface area contributed by atoms with Gasteiger partial charge in [-0.05, 0) is 24.3 Å². The van der Waals surface area contributed by atoms with Crippen molar-refractivity contribution in [1.29, 1.82) is 0 Å². The molecule has 13 nitrogen and oxygen atoms in total. The summed E-state index contributed by atoms with van der Waals surface area (Å²) >= 11 is 0. The minimum absolute atomic E-state index is 0.0973. The van der Waals surface area contributed by atoms with Crippen molar-refractivity contribution in [2.45, 2.75) is 54.8 Å². The number of aliphatic hydroxyl groups excluding tert-OH is 5. The number of phenols is 1. The number of fused-ring (bicyclic) bond motifs is 3. The molecule has 5 rings (SSSR count). The molecule has 0 unspecified atom stereocenters. The zero-order chi connectivity index (χ0) is 25.8. The maximum atomic E-state index is 12.9. The standard InChI is InChI=1S/C23H28O13/c1-31-12-6-9(2-3-11(12)26)20(30)34-18-10-4-5-32-21(14(10)23(8-25)19(18)36-23)35-22-17(29)16(28)15(27)13(7-24)33-22/h2-6,10,13-19,21-22,24-29H,7-8H2,1H3/t10-,13-,14+,15-,16+,17-,18+,19+,21-,22+,23-/m0/s1. The second kappa shape index (κ2) is 9.43. The minimum Gasteiger partial charge on any atom is -0.504 e. The normalized spacial score (nSPS) is 42.7. The van der Waals surface area contributed by atoms with E-state index in [9.17, 15) is 35.4 Å². The third-order valence-electron chi connectivity index (χ3n) is 7.26. The Labute approximate surface area is 205 Å². The van der Waals surface area contributed by atoms with Gasteiger partial charge in [-0.25, -0.2) is 4.79 Å².